The lowest BCUT2D eigenvalue weighted by Crippen LogP contribution is -2.52. The van der Waals surface area contributed by atoms with Gasteiger partial charge in [-0.15, -0.1) is 0 Å². The first-order valence-electron chi connectivity index (χ1n) is 7.91. The third kappa shape index (κ3) is 2.07. The maximum Gasteiger partial charge on any atom is 0.224 e. The molecule has 0 radical (unpaired) electrons. The molecule has 0 spiro atoms. The fourth-order valence-corrected chi connectivity index (χ4v) is 3.28. The minimum absolute atomic E-state index is 0.141. The highest BCUT2D eigenvalue weighted by Crippen LogP contribution is 2.38. The molecule has 0 bridgehead atoms. The molecule has 24 heavy (non-hydrogen) atoms. The third-order valence-corrected chi connectivity index (χ3v) is 4.83. The van der Waals surface area contributed by atoms with Gasteiger partial charge in [0.2, 0.25) is 5.95 Å². The Kier molecular flexibility index (Phi) is 3.39. The van der Waals surface area contributed by atoms with Gasteiger partial charge in [0.25, 0.3) is 0 Å². The Balaban J connectivity index is 1.82. The summed E-state index contributed by atoms with van der Waals surface area (Å²) >= 11 is 0. The van der Waals surface area contributed by atoms with Crippen molar-refractivity contribution in [3.05, 3.63) is 6.33 Å². The number of anilines is 2. The molecule has 4 heterocycles. The number of aliphatic hydroxyl groups is 2. The number of aromatic nitrogens is 4. The van der Waals surface area contributed by atoms with Crippen molar-refractivity contribution in [2.75, 3.05) is 30.3 Å². The zero-order valence-electron chi connectivity index (χ0n) is 13.3. The van der Waals surface area contributed by atoms with Crippen molar-refractivity contribution in [3.63, 3.8) is 0 Å². The van der Waals surface area contributed by atoms with Crippen molar-refractivity contribution in [1.82, 2.24) is 19.5 Å². The van der Waals surface area contributed by atoms with Gasteiger partial charge in [-0.1, -0.05) is 0 Å². The van der Waals surface area contributed by atoms with Crippen LogP contribution in [0.1, 0.15) is 19.6 Å². The number of nitrogens with two attached hydrogens (primary N) is 2. The molecule has 1 unspecified atom stereocenters. The fourth-order valence-electron chi connectivity index (χ4n) is 3.28. The summed E-state index contributed by atoms with van der Waals surface area (Å²) in [6, 6.07) is 0. The summed E-state index contributed by atoms with van der Waals surface area (Å²) in [5, 5.41) is 19.7. The predicted molar refractivity (Wildman–Crippen MR) is 86.2 cm³/mol. The summed E-state index contributed by atoms with van der Waals surface area (Å²) in [6.07, 6.45) is 0.150. The molecule has 2 aliphatic rings. The topological polar surface area (TPSA) is 149 Å². The molecule has 10 heteroatoms. The minimum atomic E-state index is -1.11. The third-order valence-electron chi connectivity index (χ3n) is 4.83. The van der Waals surface area contributed by atoms with Gasteiger partial charge in [-0.2, -0.15) is 9.97 Å². The van der Waals surface area contributed by atoms with Crippen molar-refractivity contribution < 1.29 is 14.9 Å². The van der Waals surface area contributed by atoms with Crippen molar-refractivity contribution in [3.8, 4) is 0 Å². The number of aliphatic hydroxyl groups excluding tert-OH is 2. The Labute approximate surface area is 138 Å². The number of nitrogen functional groups attached to an aromatic ring is 1. The molecule has 2 aliphatic heterocycles. The second kappa shape index (κ2) is 5.24. The molecule has 0 aromatic carbocycles. The van der Waals surface area contributed by atoms with E-state index in [9.17, 15) is 10.2 Å². The van der Waals surface area contributed by atoms with Crippen LogP contribution in [0.3, 0.4) is 0 Å². The zero-order valence-corrected chi connectivity index (χ0v) is 13.3. The molecule has 0 saturated carbocycles. The predicted octanol–water partition coefficient (Wildman–Crippen LogP) is -1.41. The molecule has 4 rings (SSSR count). The van der Waals surface area contributed by atoms with E-state index in [2.05, 4.69) is 19.9 Å². The molecule has 130 valence electrons. The maximum absolute atomic E-state index is 10.3. The SMILES string of the molecule is C[C@@]1(N)[C@H](O)C(CO)O[C@H]1n1cnc2c(N3CCC3)nc(N)nc21. The molecule has 0 aliphatic carbocycles. The summed E-state index contributed by atoms with van der Waals surface area (Å²) in [5.41, 5.74) is 12.1. The molecule has 2 fully saturated rings. The summed E-state index contributed by atoms with van der Waals surface area (Å²) < 4.78 is 7.40. The monoisotopic (exact) mass is 335 g/mol. The van der Waals surface area contributed by atoms with E-state index in [1.807, 2.05) is 0 Å². The highest BCUT2D eigenvalue weighted by Gasteiger charge is 2.51. The van der Waals surface area contributed by atoms with Gasteiger partial charge in [-0.25, -0.2) is 4.98 Å². The molecule has 6 N–H and O–H groups in total. The summed E-state index contributed by atoms with van der Waals surface area (Å²) in [7, 11) is 0. The van der Waals surface area contributed by atoms with Crippen molar-refractivity contribution in [2.45, 2.75) is 37.3 Å². The van der Waals surface area contributed by atoms with Crippen LogP contribution in [0.15, 0.2) is 6.33 Å². The Hall–Kier alpha value is -2.01. The van der Waals surface area contributed by atoms with Crippen LogP contribution in [0.5, 0.6) is 0 Å². The van der Waals surface area contributed by atoms with E-state index in [0.29, 0.717) is 17.0 Å². The van der Waals surface area contributed by atoms with E-state index < -0.39 is 24.0 Å². The van der Waals surface area contributed by atoms with E-state index in [4.69, 9.17) is 16.2 Å². The molecule has 0 amide bonds. The second-order valence-electron chi connectivity index (χ2n) is 6.59. The molecule has 2 saturated heterocycles. The van der Waals surface area contributed by atoms with Crippen molar-refractivity contribution >= 4 is 22.9 Å². The Morgan fingerprint density at radius 3 is 2.75 bits per heavy atom. The number of nitrogens with zero attached hydrogens (tertiary/aromatic N) is 5. The number of imidazole rings is 1. The van der Waals surface area contributed by atoms with Crippen LogP contribution in [0.25, 0.3) is 11.2 Å². The van der Waals surface area contributed by atoms with Crippen LogP contribution < -0.4 is 16.4 Å². The van der Waals surface area contributed by atoms with Gasteiger partial charge in [0.15, 0.2) is 23.2 Å². The number of hydrogen-bond acceptors (Lipinski definition) is 9. The van der Waals surface area contributed by atoms with Gasteiger partial charge < -0.3 is 31.3 Å². The van der Waals surface area contributed by atoms with E-state index in [-0.39, 0.29) is 12.6 Å². The largest absolute Gasteiger partial charge is 0.394 e. The van der Waals surface area contributed by atoms with Crippen molar-refractivity contribution in [1.29, 1.82) is 0 Å². The van der Waals surface area contributed by atoms with E-state index >= 15 is 0 Å². The molecular formula is C14H21N7O3. The summed E-state index contributed by atoms with van der Waals surface area (Å²) in [4.78, 5) is 15.1. The van der Waals surface area contributed by atoms with Crippen LogP contribution in [0, 0.1) is 0 Å². The first-order chi connectivity index (χ1) is 11.4. The molecular weight excluding hydrogens is 314 g/mol. The first-order valence-corrected chi connectivity index (χ1v) is 7.91. The smallest absolute Gasteiger partial charge is 0.224 e. The van der Waals surface area contributed by atoms with Gasteiger partial charge in [0.1, 0.15) is 12.2 Å². The van der Waals surface area contributed by atoms with Gasteiger partial charge >= 0.3 is 0 Å². The Morgan fingerprint density at radius 2 is 2.17 bits per heavy atom. The number of ether oxygens (including phenoxy) is 1. The highest BCUT2D eigenvalue weighted by atomic mass is 16.5. The van der Waals surface area contributed by atoms with Gasteiger partial charge in [-0.3, -0.25) is 4.57 Å². The van der Waals surface area contributed by atoms with E-state index in [0.717, 1.165) is 19.5 Å². The zero-order chi connectivity index (χ0) is 17.1. The maximum atomic E-state index is 10.3. The number of fused-ring (bicyclic) bond motifs is 1. The molecule has 2 aromatic rings. The normalized spacial score (nSPS) is 33.2. The number of hydrogen-bond donors (Lipinski definition) is 4. The molecule has 2 aromatic heterocycles. The summed E-state index contributed by atoms with van der Waals surface area (Å²) in [6.45, 7) is 3.15. The Morgan fingerprint density at radius 1 is 1.42 bits per heavy atom. The van der Waals surface area contributed by atoms with Crippen LogP contribution in [0.2, 0.25) is 0 Å². The van der Waals surface area contributed by atoms with E-state index in [1.54, 1.807) is 17.8 Å². The van der Waals surface area contributed by atoms with Crippen LogP contribution >= 0.6 is 0 Å². The Bertz CT molecular complexity index is 773. The van der Waals surface area contributed by atoms with Gasteiger partial charge in [-0.05, 0) is 13.3 Å². The lowest BCUT2D eigenvalue weighted by atomic mass is 9.93. The standard InChI is InChI=1S/C14H21N7O3/c1-14(16)9(23)7(5-22)24-12(14)21-6-17-8-10(20-3-2-4-20)18-13(15)19-11(8)21/h6-7,9,12,22-23H,2-5,16H2,1H3,(H2,15,18,19)/t7?,9-,12-,14-/m1/s1. The fraction of sp³-hybridized carbons (Fsp3) is 0.643. The second-order valence-corrected chi connectivity index (χ2v) is 6.59. The molecule has 10 nitrogen and oxygen atoms in total. The van der Waals surface area contributed by atoms with E-state index in [1.165, 1.54) is 0 Å². The van der Waals surface area contributed by atoms with Crippen molar-refractivity contribution in [2.24, 2.45) is 5.73 Å². The lowest BCUT2D eigenvalue weighted by molar-refractivity contribution is -0.0455. The average molecular weight is 335 g/mol. The lowest BCUT2D eigenvalue weighted by Gasteiger charge is -2.32. The molecule has 4 atom stereocenters. The van der Waals surface area contributed by atoms with Crippen LogP contribution in [-0.4, -0.2) is 67.2 Å². The van der Waals surface area contributed by atoms with Crippen LogP contribution in [-0.2, 0) is 4.74 Å². The van der Waals surface area contributed by atoms with Gasteiger partial charge in [0, 0.05) is 13.1 Å². The minimum Gasteiger partial charge on any atom is -0.394 e. The average Bonchev–Trinajstić information content (AvgIpc) is 2.98. The number of rotatable bonds is 3. The van der Waals surface area contributed by atoms with Gasteiger partial charge in [0.05, 0.1) is 18.5 Å². The summed E-state index contributed by atoms with van der Waals surface area (Å²) in [5.74, 6) is 0.834. The highest BCUT2D eigenvalue weighted by molar-refractivity contribution is 5.85. The first kappa shape index (κ1) is 15.5. The quantitative estimate of drug-likeness (QED) is 0.530. The van der Waals surface area contributed by atoms with Crippen LogP contribution in [0.4, 0.5) is 11.8 Å².